The van der Waals surface area contributed by atoms with Gasteiger partial charge in [-0.15, -0.1) is 23.1 Å². The van der Waals surface area contributed by atoms with Gasteiger partial charge in [0.2, 0.25) is 5.91 Å². The van der Waals surface area contributed by atoms with Gasteiger partial charge in [0.05, 0.1) is 12.2 Å². The third kappa shape index (κ3) is 6.34. The number of carbonyl (C=O) groups is 2. The van der Waals surface area contributed by atoms with Crippen molar-refractivity contribution in [3.05, 3.63) is 45.8 Å². The molecular formula is C24H32N2O3S2. The predicted octanol–water partition coefficient (Wildman–Crippen LogP) is 5.51. The van der Waals surface area contributed by atoms with E-state index >= 15 is 0 Å². The molecule has 0 radical (unpaired) electrons. The number of nitrogens with one attached hydrogen (secondary N) is 1. The average Bonchev–Trinajstić information content (AvgIpc) is 3.09. The third-order valence-corrected chi connectivity index (χ3v) is 7.62. The van der Waals surface area contributed by atoms with Crippen LogP contribution in [0, 0.1) is 6.92 Å². The van der Waals surface area contributed by atoms with Gasteiger partial charge in [-0.05, 0) is 64.0 Å². The molecule has 1 aliphatic heterocycles. The van der Waals surface area contributed by atoms with Crippen LogP contribution in [0.5, 0.6) is 0 Å². The second kappa shape index (κ2) is 11.2. The zero-order valence-corrected chi connectivity index (χ0v) is 20.5. The summed E-state index contributed by atoms with van der Waals surface area (Å²) in [5, 5.41) is 3.65. The highest BCUT2D eigenvalue weighted by Crippen LogP contribution is 2.38. The summed E-state index contributed by atoms with van der Waals surface area (Å²) in [6.45, 7) is 10.3. The number of nitrogens with zero attached hydrogens (tertiary/aromatic N) is 1. The Hall–Kier alpha value is -1.83. The number of benzene rings is 1. The molecule has 0 spiro atoms. The van der Waals surface area contributed by atoms with Crippen LogP contribution in [-0.2, 0) is 22.5 Å². The average molecular weight is 461 g/mol. The summed E-state index contributed by atoms with van der Waals surface area (Å²) in [7, 11) is 0. The van der Waals surface area contributed by atoms with E-state index < -0.39 is 0 Å². The van der Waals surface area contributed by atoms with E-state index in [9.17, 15) is 9.59 Å². The van der Waals surface area contributed by atoms with E-state index in [2.05, 4.69) is 55.3 Å². The SMILES string of the molecule is CCOC(=O)c1c(NC(=O)CCCSc2ccc(C)cc2)sc2c1CCN(C(C)C)C2. The lowest BCUT2D eigenvalue weighted by Crippen LogP contribution is -2.35. The maximum atomic E-state index is 12.7. The van der Waals surface area contributed by atoms with Crippen molar-refractivity contribution >= 4 is 40.0 Å². The molecule has 3 rings (SSSR count). The van der Waals surface area contributed by atoms with E-state index in [-0.39, 0.29) is 11.9 Å². The highest BCUT2D eigenvalue weighted by atomic mass is 32.2. The van der Waals surface area contributed by atoms with Crippen molar-refractivity contribution in [1.82, 2.24) is 4.90 Å². The van der Waals surface area contributed by atoms with E-state index in [4.69, 9.17) is 4.74 Å². The van der Waals surface area contributed by atoms with E-state index in [1.54, 1.807) is 18.7 Å². The Morgan fingerprint density at radius 3 is 2.68 bits per heavy atom. The molecule has 0 saturated carbocycles. The molecule has 0 bridgehead atoms. The van der Waals surface area contributed by atoms with Crippen LogP contribution in [0.3, 0.4) is 0 Å². The standard InChI is InChI=1S/C24H32N2O3S2/c1-5-29-24(28)22-19-12-13-26(16(2)3)15-20(19)31-23(22)25-21(27)7-6-14-30-18-10-8-17(4)9-11-18/h8-11,16H,5-7,12-15H2,1-4H3,(H,25,27). The second-order valence-corrected chi connectivity index (χ2v) is 10.3. The molecular weight excluding hydrogens is 428 g/mol. The number of thiophene rings is 1. The fraction of sp³-hybridized carbons (Fsp3) is 0.500. The number of carbonyl (C=O) groups excluding carboxylic acids is 2. The summed E-state index contributed by atoms with van der Waals surface area (Å²) < 4.78 is 5.30. The number of rotatable bonds is 9. The lowest BCUT2D eigenvalue weighted by atomic mass is 10.0. The minimum atomic E-state index is -0.330. The number of fused-ring (bicyclic) bond motifs is 1. The quantitative estimate of drug-likeness (QED) is 0.304. The van der Waals surface area contributed by atoms with Crippen molar-refractivity contribution in [1.29, 1.82) is 0 Å². The van der Waals surface area contributed by atoms with Gasteiger partial charge in [-0.2, -0.15) is 0 Å². The molecule has 1 amide bonds. The van der Waals surface area contributed by atoms with Crippen LogP contribution in [0.15, 0.2) is 29.2 Å². The summed E-state index contributed by atoms with van der Waals surface area (Å²) in [4.78, 5) is 30.0. The van der Waals surface area contributed by atoms with Crippen molar-refractivity contribution in [2.45, 2.75) is 64.4 Å². The summed E-state index contributed by atoms with van der Waals surface area (Å²) in [5.41, 5.74) is 2.86. The molecule has 5 nitrogen and oxygen atoms in total. The van der Waals surface area contributed by atoms with Crippen molar-refractivity contribution in [2.24, 2.45) is 0 Å². The first kappa shape index (κ1) is 23.8. The van der Waals surface area contributed by atoms with E-state index in [1.165, 1.54) is 21.8 Å². The number of anilines is 1. The van der Waals surface area contributed by atoms with Crippen LogP contribution in [-0.4, -0.2) is 41.7 Å². The van der Waals surface area contributed by atoms with Gasteiger partial charge in [0.1, 0.15) is 5.00 Å². The molecule has 2 heterocycles. The first-order valence-corrected chi connectivity index (χ1v) is 12.7. The van der Waals surface area contributed by atoms with Crippen LogP contribution in [0.2, 0.25) is 0 Å². The fourth-order valence-electron chi connectivity index (χ4n) is 3.62. The van der Waals surface area contributed by atoms with E-state index in [1.807, 2.05) is 0 Å². The van der Waals surface area contributed by atoms with Gasteiger partial charge in [0.15, 0.2) is 0 Å². The molecule has 1 aliphatic rings. The van der Waals surface area contributed by atoms with Gasteiger partial charge in [-0.3, -0.25) is 9.69 Å². The Morgan fingerprint density at radius 1 is 1.26 bits per heavy atom. The number of thioether (sulfide) groups is 1. The molecule has 1 aromatic carbocycles. The number of hydrogen-bond acceptors (Lipinski definition) is 6. The summed E-state index contributed by atoms with van der Waals surface area (Å²) in [6, 6.07) is 8.88. The van der Waals surface area contributed by atoms with Gasteiger partial charge >= 0.3 is 5.97 Å². The van der Waals surface area contributed by atoms with Gasteiger partial charge in [-0.1, -0.05) is 17.7 Å². The zero-order valence-electron chi connectivity index (χ0n) is 18.8. The molecule has 0 aliphatic carbocycles. The number of esters is 1. The Balaban J connectivity index is 1.62. The minimum absolute atomic E-state index is 0.0469. The third-order valence-electron chi connectivity index (χ3n) is 5.39. The van der Waals surface area contributed by atoms with Crippen LogP contribution < -0.4 is 5.32 Å². The molecule has 2 aromatic rings. The molecule has 0 unspecified atom stereocenters. The van der Waals surface area contributed by atoms with Gasteiger partial charge in [-0.25, -0.2) is 4.79 Å². The lowest BCUT2D eigenvalue weighted by molar-refractivity contribution is -0.116. The van der Waals surface area contributed by atoms with Crippen LogP contribution in [0.4, 0.5) is 5.00 Å². The molecule has 0 fully saturated rings. The molecule has 7 heteroatoms. The molecule has 0 atom stereocenters. The number of amides is 1. The molecule has 31 heavy (non-hydrogen) atoms. The number of aryl methyl sites for hydroxylation is 1. The Kier molecular flexibility index (Phi) is 8.58. The molecule has 168 valence electrons. The molecule has 1 N–H and O–H groups in total. The summed E-state index contributed by atoms with van der Waals surface area (Å²) in [6.07, 6.45) is 2.02. The Labute approximate surface area is 193 Å². The number of hydrogen-bond donors (Lipinski definition) is 1. The first-order valence-electron chi connectivity index (χ1n) is 10.9. The molecule has 0 saturated heterocycles. The van der Waals surface area contributed by atoms with Crippen molar-refractivity contribution in [2.75, 3.05) is 24.2 Å². The fourth-order valence-corrected chi connectivity index (χ4v) is 5.75. The smallest absolute Gasteiger partial charge is 0.341 e. The van der Waals surface area contributed by atoms with Gasteiger partial charge < -0.3 is 10.1 Å². The monoisotopic (exact) mass is 460 g/mol. The van der Waals surface area contributed by atoms with Crippen molar-refractivity contribution < 1.29 is 14.3 Å². The molecule has 1 aromatic heterocycles. The Bertz CT molecular complexity index is 906. The number of ether oxygens (including phenoxy) is 1. The van der Waals surface area contributed by atoms with Crippen LogP contribution >= 0.6 is 23.1 Å². The summed E-state index contributed by atoms with van der Waals surface area (Å²) in [5.74, 6) is 0.503. The van der Waals surface area contributed by atoms with Gasteiger partial charge in [0.25, 0.3) is 0 Å². The van der Waals surface area contributed by atoms with Crippen molar-refractivity contribution in [3.8, 4) is 0 Å². The minimum Gasteiger partial charge on any atom is -0.462 e. The first-order chi connectivity index (χ1) is 14.9. The second-order valence-electron chi connectivity index (χ2n) is 8.06. The van der Waals surface area contributed by atoms with Crippen molar-refractivity contribution in [3.63, 3.8) is 0 Å². The predicted molar refractivity (Wildman–Crippen MR) is 129 cm³/mol. The lowest BCUT2D eigenvalue weighted by Gasteiger charge is -2.30. The van der Waals surface area contributed by atoms with E-state index in [0.29, 0.717) is 29.6 Å². The van der Waals surface area contributed by atoms with E-state index in [0.717, 1.165) is 42.1 Å². The summed E-state index contributed by atoms with van der Waals surface area (Å²) >= 11 is 3.28. The van der Waals surface area contributed by atoms with Crippen LogP contribution in [0.25, 0.3) is 0 Å². The van der Waals surface area contributed by atoms with Gasteiger partial charge in [0, 0.05) is 35.3 Å². The van der Waals surface area contributed by atoms with Crippen LogP contribution in [0.1, 0.15) is 60.0 Å². The maximum Gasteiger partial charge on any atom is 0.341 e. The maximum absolute atomic E-state index is 12.7. The zero-order chi connectivity index (χ0) is 22.4. The largest absolute Gasteiger partial charge is 0.462 e. The highest BCUT2D eigenvalue weighted by molar-refractivity contribution is 7.99. The Morgan fingerprint density at radius 2 is 2.00 bits per heavy atom. The topological polar surface area (TPSA) is 58.6 Å². The normalized spacial score (nSPS) is 13.8. The highest BCUT2D eigenvalue weighted by Gasteiger charge is 2.30.